The van der Waals surface area contributed by atoms with Gasteiger partial charge in [0.25, 0.3) is 0 Å². The minimum absolute atomic E-state index is 0.322. The lowest BCUT2D eigenvalue weighted by Crippen LogP contribution is -2.43. The molecule has 0 spiro atoms. The molecule has 2 aliphatic rings. The van der Waals surface area contributed by atoms with Crippen LogP contribution in [0.25, 0.3) is 0 Å². The van der Waals surface area contributed by atoms with Gasteiger partial charge in [0.2, 0.25) is 0 Å². The van der Waals surface area contributed by atoms with Gasteiger partial charge in [-0.1, -0.05) is 12.8 Å². The van der Waals surface area contributed by atoms with Crippen molar-refractivity contribution < 1.29 is 4.74 Å². The average molecular weight is 183 g/mol. The van der Waals surface area contributed by atoms with E-state index in [-0.39, 0.29) is 0 Å². The average Bonchev–Trinajstić information content (AvgIpc) is 2.71. The SMILES string of the molecule is NC(C1CCCC1)C1CCCCO1. The summed E-state index contributed by atoms with van der Waals surface area (Å²) in [6.45, 7) is 0.936. The van der Waals surface area contributed by atoms with Crippen LogP contribution in [0.2, 0.25) is 0 Å². The Kier molecular flexibility index (Phi) is 3.23. The van der Waals surface area contributed by atoms with Crippen molar-refractivity contribution in [1.29, 1.82) is 0 Å². The first-order valence-electron chi connectivity index (χ1n) is 5.75. The Morgan fingerprint density at radius 3 is 2.31 bits per heavy atom. The maximum atomic E-state index is 6.23. The highest BCUT2D eigenvalue weighted by Gasteiger charge is 2.29. The van der Waals surface area contributed by atoms with E-state index in [1.165, 1.54) is 44.9 Å². The molecule has 1 saturated heterocycles. The van der Waals surface area contributed by atoms with E-state index in [1.54, 1.807) is 0 Å². The zero-order valence-electron chi connectivity index (χ0n) is 8.37. The monoisotopic (exact) mass is 183 g/mol. The molecule has 2 fully saturated rings. The lowest BCUT2D eigenvalue weighted by Gasteiger charge is -2.31. The minimum Gasteiger partial charge on any atom is -0.377 e. The molecule has 0 amide bonds. The molecule has 13 heavy (non-hydrogen) atoms. The molecule has 0 aromatic carbocycles. The van der Waals surface area contributed by atoms with Crippen LogP contribution in [0.4, 0.5) is 0 Å². The quantitative estimate of drug-likeness (QED) is 0.711. The van der Waals surface area contributed by atoms with Crippen LogP contribution in [-0.4, -0.2) is 18.8 Å². The van der Waals surface area contributed by atoms with Gasteiger partial charge in [-0.15, -0.1) is 0 Å². The molecule has 1 saturated carbocycles. The Bertz CT molecular complexity index is 148. The van der Waals surface area contributed by atoms with Crippen LogP contribution in [-0.2, 0) is 4.74 Å². The Labute approximate surface area is 80.8 Å². The maximum Gasteiger partial charge on any atom is 0.0728 e. The van der Waals surface area contributed by atoms with Gasteiger partial charge in [0.1, 0.15) is 0 Å². The Hall–Kier alpha value is -0.0800. The Morgan fingerprint density at radius 2 is 1.69 bits per heavy atom. The highest BCUT2D eigenvalue weighted by atomic mass is 16.5. The van der Waals surface area contributed by atoms with Crippen LogP contribution in [0.3, 0.4) is 0 Å². The van der Waals surface area contributed by atoms with Gasteiger partial charge < -0.3 is 10.5 Å². The largest absolute Gasteiger partial charge is 0.377 e. The lowest BCUT2D eigenvalue weighted by molar-refractivity contribution is -0.0110. The predicted molar refractivity (Wildman–Crippen MR) is 53.5 cm³/mol. The molecule has 1 aliphatic carbocycles. The summed E-state index contributed by atoms with van der Waals surface area (Å²) < 4.78 is 5.73. The van der Waals surface area contributed by atoms with E-state index in [9.17, 15) is 0 Å². The molecule has 2 N–H and O–H groups in total. The van der Waals surface area contributed by atoms with E-state index >= 15 is 0 Å². The second kappa shape index (κ2) is 4.43. The number of ether oxygens (including phenoxy) is 1. The fourth-order valence-corrected chi connectivity index (χ4v) is 2.72. The molecule has 0 aromatic rings. The van der Waals surface area contributed by atoms with Gasteiger partial charge in [-0.05, 0) is 38.0 Å². The van der Waals surface area contributed by atoms with E-state index in [1.807, 2.05) is 0 Å². The van der Waals surface area contributed by atoms with Gasteiger partial charge in [-0.2, -0.15) is 0 Å². The van der Waals surface area contributed by atoms with Gasteiger partial charge in [0.15, 0.2) is 0 Å². The third-order valence-electron chi connectivity index (χ3n) is 3.59. The summed E-state index contributed by atoms with van der Waals surface area (Å²) in [4.78, 5) is 0. The summed E-state index contributed by atoms with van der Waals surface area (Å²) in [6, 6.07) is 0.322. The highest BCUT2D eigenvalue weighted by molar-refractivity contribution is 4.85. The smallest absolute Gasteiger partial charge is 0.0728 e. The molecule has 0 aromatic heterocycles. The summed E-state index contributed by atoms with van der Waals surface area (Å²) in [5, 5.41) is 0. The van der Waals surface area contributed by atoms with Crippen molar-refractivity contribution in [3.8, 4) is 0 Å². The topological polar surface area (TPSA) is 35.2 Å². The van der Waals surface area contributed by atoms with Crippen LogP contribution in [0, 0.1) is 5.92 Å². The van der Waals surface area contributed by atoms with E-state index in [4.69, 9.17) is 10.5 Å². The van der Waals surface area contributed by atoms with Crippen molar-refractivity contribution >= 4 is 0 Å². The zero-order chi connectivity index (χ0) is 9.10. The van der Waals surface area contributed by atoms with Crippen molar-refractivity contribution in [2.45, 2.75) is 57.1 Å². The van der Waals surface area contributed by atoms with Crippen LogP contribution >= 0.6 is 0 Å². The second-order valence-corrected chi connectivity index (χ2v) is 4.53. The highest BCUT2D eigenvalue weighted by Crippen LogP contribution is 2.30. The number of hydrogen-bond acceptors (Lipinski definition) is 2. The van der Waals surface area contributed by atoms with Crippen LogP contribution in [0.15, 0.2) is 0 Å². The lowest BCUT2D eigenvalue weighted by atomic mass is 9.90. The summed E-state index contributed by atoms with van der Waals surface area (Å²) in [7, 11) is 0. The van der Waals surface area contributed by atoms with Crippen LogP contribution < -0.4 is 5.73 Å². The molecule has 1 heterocycles. The molecule has 76 valence electrons. The van der Waals surface area contributed by atoms with Gasteiger partial charge in [0.05, 0.1) is 6.10 Å². The Morgan fingerprint density at radius 1 is 1.00 bits per heavy atom. The number of rotatable bonds is 2. The first-order valence-corrected chi connectivity index (χ1v) is 5.75. The number of hydrogen-bond donors (Lipinski definition) is 1. The minimum atomic E-state index is 0.322. The van der Waals surface area contributed by atoms with Crippen LogP contribution in [0.5, 0.6) is 0 Å². The van der Waals surface area contributed by atoms with Crippen molar-refractivity contribution in [1.82, 2.24) is 0 Å². The molecule has 0 radical (unpaired) electrons. The number of nitrogens with two attached hydrogens (primary N) is 1. The molecule has 2 nitrogen and oxygen atoms in total. The van der Waals surface area contributed by atoms with Gasteiger partial charge in [-0.3, -0.25) is 0 Å². The predicted octanol–water partition coefficient (Wildman–Crippen LogP) is 2.07. The summed E-state index contributed by atoms with van der Waals surface area (Å²) >= 11 is 0. The van der Waals surface area contributed by atoms with Crippen LogP contribution in [0.1, 0.15) is 44.9 Å². The molecule has 2 unspecified atom stereocenters. The molecule has 1 aliphatic heterocycles. The van der Waals surface area contributed by atoms with Crippen molar-refractivity contribution in [3.63, 3.8) is 0 Å². The van der Waals surface area contributed by atoms with Gasteiger partial charge in [-0.25, -0.2) is 0 Å². The first kappa shape index (κ1) is 9.47. The van der Waals surface area contributed by atoms with E-state index in [0.717, 1.165) is 12.5 Å². The fourth-order valence-electron chi connectivity index (χ4n) is 2.72. The van der Waals surface area contributed by atoms with E-state index in [0.29, 0.717) is 12.1 Å². The third-order valence-corrected chi connectivity index (χ3v) is 3.59. The summed E-state index contributed by atoms with van der Waals surface area (Å²) in [5.41, 5.74) is 6.23. The summed E-state index contributed by atoms with van der Waals surface area (Å²) in [5.74, 6) is 0.753. The van der Waals surface area contributed by atoms with Crippen molar-refractivity contribution in [2.75, 3.05) is 6.61 Å². The zero-order valence-corrected chi connectivity index (χ0v) is 8.37. The second-order valence-electron chi connectivity index (χ2n) is 4.53. The molecule has 2 heteroatoms. The van der Waals surface area contributed by atoms with E-state index < -0.39 is 0 Å². The molecular weight excluding hydrogens is 162 g/mol. The van der Waals surface area contributed by atoms with Gasteiger partial charge in [0, 0.05) is 12.6 Å². The molecule has 2 rings (SSSR count). The van der Waals surface area contributed by atoms with Crippen molar-refractivity contribution in [2.24, 2.45) is 11.7 Å². The molecular formula is C11H21NO. The third kappa shape index (κ3) is 2.23. The standard InChI is InChI=1S/C11H21NO/c12-11(9-5-1-2-6-9)10-7-3-4-8-13-10/h9-11H,1-8,12H2. The molecule has 0 bridgehead atoms. The fraction of sp³-hybridized carbons (Fsp3) is 1.00. The van der Waals surface area contributed by atoms with E-state index in [2.05, 4.69) is 0 Å². The normalized spacial score (nSPS) is 33.5. The first-order chi connectivity index (χ1) is 6.38. The summed E-state index contributed by atoms with van der Waals surface area (Å²) in [6.07, 6.45) is 9.53. The van der Waals surface area contributed by atoms with Crippen molar-refractivity contribution in [3.05, 3.63) is 0 Å². The van der Waals surface area contributed by atoms with Gasteiger partial charge >= 0.3 is 0 Å². The Balaban J connectivity index is 1.83. The molecule has 2 atom stereocenters. The maximum absolute atomic E-state index is 6.23.